The van der Waals surface area contributed by atoms with Gasteiger partial charge in [0.15, 0.2) is 0 Å². The zero-order valence-electron chi connectivity index (χ0n) is 17.4. The molecule has 0 unspecified atom stereocenters. The number of halogens is 2. The van der Waals surface area contributed by atoms with E-state index in [1.165, 1.54) is 12.1 Å². The van der Waals surface area contributed by atoms with Crippen molar-refractivity contribution in [1.82, 2.24) is 4.90 Å². The van der Waals surface area contributed by atoms with Gasteiger partial charge in [0.05, 0.1) is 6.10 Å². The van der Waals surface area contributed by atoms with E-state index in [2.05, 4.69) is 0 Å². The molecule has 1 amide bonds. The van der Waals surface area contributed by atoms with Crippen molar-refractivity contribution in [3.63, 3.8) is 0 Å². The fourth-order valence-corrected chi connectivity index (χ4v) is 4.52. The van der Waals surface area contributed by atoms with E-state index in [0.29, 0.717) is 23.7 Å². The molecule has 0 aromatic heterocycles. The van der Waals surface area contributed by atoms with Crippen LogP contribution >= 0.6 is 11.6 Å². The van der Waals surface area contributed by atoms with Gasteiger partial charge in [-0.2, -0.15) is 8.42 Å². The lowest BCUT2D eigenvalue weighted by Crippen LogP contribution is -2.39. The van der Waals surface area contributed by atoms with Gasteiger partial charge in [-0.15, -0.1) is 0 Å². The molecule has 0 aliphatic carbocycles. The van der Waals surface area contributed by atoms with E-state index in [4.69, 9.17) is 20.5 Å². The van der Waals surface area contributed by atoms with Crippen molar-refractivity contribution in [3.05, 3.63) is 58.9 Å². The Morgan fingerprint density at radius 3 is 2.58 bits per heavy atom. The number of hydrogen-bond donors (Lipinski definition) is 0. The topological polar surface area (TPSA) is 72.9 Å². The maximum atomic E-state index is 13.2. The van der Waals surface area contributed by atoms with Crippen LogP contribution in [0.4, 0.5) is 4.39 Å². The van der Waals surface area contributed by atoms with Gasteiger partial charge in [-0.3, -0.25) is 4.79 Å². The van der Waals surface area contributed by atoms with Crippen LogP contribution in [0.25, 0.3) is 0 Å². The van der Waals surface area contributed by atoms with Crippen LogP contribution in [0.2, 0.25) is 5.02 Å². The predicted octanol–water partition coefficient (Wildman–Crippen LogP) is 4.41. The average molecular weight is 470 g/mol. The molecule has 1 saturated heterocycles. The highest BCUT2D eigenvalue weighted by Crippen LogP contribution is 2.28. The van der Waals surface area contributed by atoms with Gasteiger partial charge in [-0.25, -0.2) is 4.39 Å². The third-order valence-corrected chi connectivity index (χ3v) is 6.42. The number of carbonyl (C=O) groups excluding carboxylic acids is 1. The minimum atomic E-state index is -4.20. The van der Waals surface area contributed by atoms with Crippen molar-refractivity contribution in [2.24, 2.45) is 5.92 Å². The molecule has 3 rings (SSSR count). The molecule has 2 aromatic carbocycles. The number of ether oxygens (including phenoxy) is 1. The molecule has 0 N–H and O–H groups in total. The first kappa shape index (κ1) is 23.5. The number of benzene rings is 2. The molecule has 31 heavy (non-hydrogen) atoms. The number of rotatable bonds is 8. The molecule has 9 heteroatoms. The molecule has 0 bridgehead atoms. The molecule has 0 saturated carbocycles. The summed E-state index contributed by atoms with van der Waals surface area (Å²) < 4.78 is 49.5. The molecule has 2 aromatic rings. The van der Waals surface area contributed by atoms with E-state index in [-0.39, 0.29) is 35.1 Å². The molecule has 0 radical (unpaired) electrons. The second-order valence-corrected chi connectivity index (χ2v) is 9.73. The van der Waals surface area contributed by atoms with Crippen molar-refractivity contribution >= 4 is 27.6 Å². The lowest BCUT2D eigenvalue weighted by molar-refractivity contribution is -0.136. The quantitative estimate of drug-likeness (QED) is 0.535. The molecule has 1 aliphatic heterocycles. The Balaban J connectivity index is 1.88. The first-order chi connectivity index (χ1) is 14.7. The van der Waals surface area contributed by atoms with Crippen molar-refractivity contribution in [1.29, 1.82) is 0 Å². The molecule has 1 aliphatic rings. The van der Waals surface area contributed by atoms with Crippen molar-refractivity contribution < 1.29 is 26.5 Å². The highest BCUT2D eigenvalue weighted by atomic mass is 35.5. The van der Waals surface area contributed by atoms with Crippen LogP contribution in [0, 0.1) is 11.7 Å². The van der Waals surface area contributed by atoms with Crippen LogP contribution in [-0.4, -0.2) is 38.5 Å². The maximum absolute atomic E-state index is 13.2. The van der Waals surface area contributed by atoms with Crippen molar-refractivity contribution in [2.45, 2.75) is 44.2 Å². The van der Waals surface area contributed by atoms with Crippen molar-refractivity contribution in [2.75, 3.05) is 13.2 Å². The summed E-state index contributed by atoms with van der Waals surface area (Å²) >= 11 is 6.14. The molecule has 0 spiro atoms. The Hall–Kier alpha value is -2.16. The average Bonchev–Trinajstić information content (AvgIpc) is 3.22. The summed E-state index contributed by atoms with van der Waals surface area (Å²) in [5.74, 6) is -0.818. The summed E-state index contributed by atoms with van der Waals surface area (Å²) in [5.41, 5.74) is 0.449. The van der Waals surface area contributed by atoms with E-state index in [9.17, 15) is 17.6 Å². The van der Waals surface area contributed by atoms with Crippen LogP contribution in [0.3, 0.4) is 0 Å². The van der Waals surface area contributed by atoms with Crippen LogP contribution < -0.4 is 4.18 Å². The molecule has 168 valence electrons. The number of hydrogen-bond acceptors (Lipinski definition) is 5. The lowest BCUT2D eigenvalue weighted by atomic mass is 10.1. The zero-order valence-corrected chi connectivity index (χ0v) is 19.0. The number of carbonyl (C=O) groups is 1. The fourth-order valence-electron chi connectivity index (χ4n) is 3.36. The first-order valence-corrected chi connectivity index (χ1v) is 11.8. The van der Waals surface area contributed by atoms with E-state index in [1.807, 2.05) is 0 Å². The Morgan fingerprint density at radius 1 is 1.26 bits per heavy atom. The summed E-state index contributed by atoms with van der Waals surface area (Å²) in [7, 11) is -4.20. The monoisotopic (exact) mass is 469 g/mol. The molecular weight excluding hydrogens is 445 g/mol. The second-order valence-electron chi connectivity index (χ2n) is 7.75. The van der Waals surface area contributed by atoms with Gasteiger partial charge in [-0.05, 0) is 55.3 Å². The summed E-state index contributed by atoms with van der Waals surface area (Å²) in [6, 6.07) is 8.89. The maximum Gasteiger partial charge on any atom is 0.339 e. The molecule has 1 atom stereocenters. The highest BCUT2D eigenvalue weighted by Gasteiger charge is 2.26. The van der Waals surface area contributed by atoms with Gasteiger partial charge in [0.1, 0.15) is 16.5 Å². The minimum Gasteiger partial charge on any atom is -0.379 e. The molecule has 6 nitrogen and oxygen atoms in total. The number of amides is 1. The van der Waals surface area contributed by atoms with E-state index in [0.717, 1.165) is 37.1 Å². The van der Waals surface area contributed by atoms with E-state index >= 15 is 0 Å². The molecule has 1 fully saturated rings. The van der Waals surface area contributed by atoms with Gasteiger partial charge in [0.25, 0.3) is 0 Å². The first-order valence-electron chi connectivity index (χ1n) is 10.0. The second kappa shape index (κ2) is 9.97. The van der Waals surface area contributed by atoms with Crippen LogP contribution in [0.1, 0.15) is 32.3 Å². The Bertz CT molecular complexity index is 1020. The van der Waals surface area contributed by atoms with Gasteiger partial charge < -0.3 is 13.8 Å². The Morgan fingerprint density at radius 2 is 1.97 bits per heavy atom. The summed E-state index contributed by atoms with van der Waals surface area (Å²) in [5, 5.41) is 0.385. The van der Waals surface area contributed by atoms with E-state index < -0.39 is 15.9 Å². The normalized spacial score (nSPS) is 16.5. The third-order valence-electron chi connectivity index (χ3n) is 4.94. The van der Waals surface area contributed by atoms with Gasteiger partial charge in [0.2, 0.25) is 5.91 Å². The van der Waals surface area contributed by atoms with Gasteiger partial charge in [0, 0.05) is 36.2 Å². The fraction of sp³-hybridized carbons (Fsp3) is 0.409. The number of nitrogens with zero attached hydrogens (tertiary/aromatic N) is 1. The largest absolute Gasteiger partial charge is 0.379 e. The van der Waals surface area contributed by atoms with Gasteiger partial charge in [-0.1, -0.05) is 25.4 Å². The Kier molecular flexibility index (Phi) is 7.56. The smallest absolute Gasteiger partial charge is 0.339 e. The van der Waals surface area contributed by atoms with Crippen LogP contribution in [0.5, 0.6) is 5.75 Å². The molecular formula is C22H25ClFNO5S. The minimum absolute atomic E-state index is 0.0580. The lowest BCUT2D eigenvalue weighted by Gasteiger charge is -2.28. The summed E-state index contributed by atoms with van der Waals surface area (Å²) in [4.78, 5) is 14.3. The SMILES string of the molecule is CC(C)C(=O)N(Cc1cc(Cl)ccc1OS(=O)(=O)c1ccc(F)cc1)C[C@@H]1CCCO1. The van der Waals surface area contributed by atoms with Crippen LogP contribution in [-0.2, 0) is 26.2 Å². The highest BCUT2D eigenvalue weighted by molar-refractivity contribution is 7.87. The summed E-state index contributed by atoms with van der Waals surface area (Å²) in [6.45, 7) is 4.79. The molecule has 1 heterocycles. The van der Waals surface area contributed by atoms with Gasteiger partial charge >= 0.3 is 10.1 Å². The summed E-state index contributed by atoms with van der Waals surface area (Å²) in [6.07, 6.45) is 1.74. The van der Waals surface area contributed by atoms with Crippen molar-refractivity contribution in [3.8, 4) is 5.75 Å². The van der Waals surface area contributed by atoms with E-state index in [1.54, 1.807) is 24.8 Å². The van der Waals surface area contributed by atoms with Crippen LogP contribution in [0.15, 0.2) is 47.4 Å². The standard InChI is InChI=1S/C22H25ClFNO5S/c1-15(2)22(26)25(14-19-4-3-11-29-19)13-16-12-17(23)5-10-21(16)30-31(27,28)20-8-6-18(24)7-9-20/h5-10,12,15,19H,3-4,11,13-14H2,1-2H3/t19-/m0/s1. The third kappa shape index (κ3) is 6.18. The zero-order chi connectivity index (χ0) is 22.6. The predicted molar refractivity (Wildman–Crippen MR) is 115 cm³/mol. The Labute approximate surface area is 187 Å².